The zero-order chi connectivity index (χ0) is 18.6. The van der Waals surface area contributed by atoms with Gasteiger partial charge >= 0.3 is 0 Å². The molecule has 0 N–H and O–H groups in total. The summed E-state index contributed by atoms with van der Waals surface area (Å²) < 4.78 is 5.34. The van der Waals surface area contributed by atoms with Crippen LogP contribution in [-0.4, -0.2) is 46.0 Å². The second kappa shape index (κ2) is 7.88. The molecule has 0 atom stereocenters. The molecule has 0 amide bonds. The molecule has 0 aromatic carbocycles. The minimum atomic E-state index is 0.454. The molecule has 0 aliphatic carbocycles. The van der Waals surface area contributed by atoms with E-state index in [9.17, 15) is 0 Å². The molecular formula is C21H25N5O. The van der Waals surface area contributed by atoms with E-state index in [2.05, 4.69) is 51.8 Å². The Morgan fingerprint density at radius 2 is 1.78 bits per heavy atom. The number of furan rings is 1. The van der Waals surface area contributed by atoms with Gasteiger partial charge in [-0.2, -0.15) is 0 Å². The van der Waals surface area contributed by atoms with Crippen molar-refractivity contribution >= 4 is 5.82 Å². The summed E-state index contributed by atoms with van der Waals surface area (Å²) in [6.45, 7) is 9.22. The smallest absolute Gasteiger partial charge is 0.195 e. The first kappa shape index (κ1) is 17.7. The zero-order valence-corrected chi connectivity index (χ0v) is 15.9. The predicted molar refractivity (Wildman–Crippen MR) is 106 cm³/mol. The first-order valence-electron chi connectivity index (χ1n) is 9.48. The van der Waals surface area contributed by atoms with Crippen LogP contribution in [0, 0.1) is 0 Å². The number of aromatic nitrogens is 3. The molecule has 27 heavy (non-hydrogen) atoms. The lowest BCUT2D eigenvalue weighted by Crippen LogP contribution is -2.46. The van der Waals surface area contributed by atoms with Gasteiger partial charge in [-0.3, -0.25) is 4.90 Å². The number of hydrogen-bond acceptors (Lipinski definition) is 6. The number of pyridine rings is 1. The molecular weight excluding hydrogens is 338 g/mol. The SMILES string of the molecule is CC(C)c1cccc(N2CCN(Cc3cnc(-c4ccco4)nc3)CC2)n1. The van der Waals surface area contributed by atoms with Crippen LogP contribution in [0.1, 0.15) is 31.0 Å². The molecule has 3 aromatic rings. The molecule has 6 nitrogen and oxygen atoms in total. The topological polar surface area (TPSA) is 58.3 Å². The van der Waals surface area contributed by atoms with E-state index in [1.165, 1.54) is 0 Å². The molecule has 0 radical (unpaired) electrons. The molecule has 3 aromatic heterocycles. The van der Waals surface area contributed by atoms with Gasteiger partial charge in [0.2, 0.25) is 0 Å². The molecule has 4 rings (SSSR count). The highest BCUT2D eigenvalue weighted by Crippen LogP contribution is 2.19. The molecule has 1 aliphatic heterocycles. The van der Waals surface area contributed by atoms with Crippen LogP contribution in [0.15, 0.2) is 53.4 Å². The average molecular weight is 363 g/mol. The maximum atomic E-state index is 5.34. The average Bonchev–Trinajstić information content (AvgIpc) is 3.24. The Hall–Kier alpha value is -2.73. The Bertz CT molecular complexity index is 853. The summed E-state index contributed by atoms with van der Waals surface area (Å²) in [5, 5.41) is 0. The Morgan fingerprint density at radius 1 is 1.00 bits per heavy atom. The summed E-state index contributed by atoms with van der Waals surface area (Å²) in [6.07, 6.45) is 5.42. The van der Waals surface area contributed by atoms with Crippen LogP contribution in [0.4, 0.5) is 5.82 Å². The van der Waals surface area contributed by atoms with Gasteiger partial charge in [-0.15, -0.1) is 0 Å². The van der Waals surface area contributed by atoms with Gasteiger partial charge in [-0.25, -0.2) is 15.0 Å². The summed E-state index contributed by atoms with van der Waals surface area (Å²) in [7, 11) is 0. The van der Waals surface area contributed by atoms with Crippen molar-refractivity contribution in [3.8, 4) is 11.6 Å². The zero-order valence-electron chi connectivity index (χ0n) is 15.9. The first-order valence-corrected chi connectivity index (χ1v) is 9.48. The lowest BCUT2D eigenvalue weighted by molar-refractivity contribution is 0.249. The summed E-state index contributed by atoms with van der Waals surface area (Å²) in [5.74, 6) is 2.87. The minimum absolute atomic E-state index is 0.454. The molecule has 0 saturated carbocycles. The lowest BCUT2D eigenvalue weighted by Gasteiger charge is -2.35. The van der Waals surface area contributed by atoms with Crippen molar-refractivity contribution in [1.29, 1.82) is 0 Å². The summed E-state index contributed by atoms with van der Waals surface area (Å²) >= 11 is 0. The van der Waals surface area contributed by atoms with Crippen LogP contribution in [0.5, 0.6) is 0 Å². The predicted octanol–water partition coefficient (Wildman–Crippen LogP) is 3.58. The van der Waals surface area contributed by atoms with E-state index in [4.69, 9.17) is 9.40 Å². The third-order valence-corrected chi connectivity index (χ3v) is 4.90. The van der Waals surface area contributed by atoms with Crippen molar-refractivity contribution in [2.75, 3.05) is 31.1 Å². The quantitative estimate of drug-likeness (QED) is 0.691. The Kier molecular flexibility index (Phi) is 5.16. The molecule has 1 fully saturated rings. The van der Waals surface area contributed by atoms with Crippen molar-refractivity contribution in [2.24, 2.45) is 0 Å². The number of hydrogen-bond donors (Lipinski definition) is 0. The van der Waals surface area contributed by atoms with Gasteiger partial charge in [0.25, 0.3) is 0 Å². The molecule has 0 bridgehead atoms. The molecule has 1 aliphatic rings. The van der Waals surface area contributed by atoms with Gasteiger partial charge in [-0.1, -0.05) is 19.9 Å². The monoisotopic (exact) mass is 363 g/mol. The molecule has 0 unspecified atom stereocenters. The van der Waals surface area contributed by atoms with E-state index in [-0.39, 0.29) is 0 Å². The third kappa shape index (κ3) is 4.17. The summed E-state index contributed by atoms with van der Waals surface area (Å²) in [4.78, 5) is 18.5. The number of anilines is 1. The number of rotatable bonds is 5. The second-order valence-corrected chi connectivity index (χ2v) is 7.23. The third-order valence-electron chi connectivity index (χ3n) is 4.90. The highest BCUT2D eigenvalue weighted by atomic mass is 16.3. The van der Waals surface area contributed by atoms with Crippen molar-refractivity contribution in [3.05, 3.63) is 60.2 Å². The van der Waals surface area contributed by atoms with E-state index in [1.807, 2.05) is 24.5 Å². The van der Waals surface area contributed by atoms with Gasteiger partial charge in [-0.05, 0) is 30.2 Å². The van der Waals surface area contributed by atoms with E-state index in [0.717, 1.165) is 49.8 Å². The van der Waals surface area contributed by atoms with Crippen molar-refractivity contribution in [2.45, 2.75) is 26.3 Å². The molecule has 6 heteroatoms. The van der Waals surface area contributed by atoms with Crippen molar-refractivity contribution < 1.29 is 4.42 Å². The van der Waals surface area contributed by atoms with Gasteiger partial charge < -0.3 is 9.32 Å². The molecule has 1 saturated heterocycles. The molecule has 0 spiro atoms. The van der Waals surface area contributed by atoms with E-state index >= 15 is 0 Å². The van der Waals surface area contributed by atoms with Crippen LogP contribution < -0.4 is 4.90 Å². The maximum Gasteiger partial charge on any atom is 0.195 e. The largest absolute Gasteiger partial charge is 0.461 e. The summed E-state index contributed by atoms with van der Waals surface area (Å²) in [5.41, 5.74) is 2.28. The Labute approximate surface area is 159 Å². The van der Waals surface area contributed by atoms with Gasteiger partial charge in [0, 0.05) is 56.4 Å². The number of nitrogens with zero attached hydrogens (tertiary/aromatic N) is 5. The molecule has 4 heterocycles. The van der Waals surface area contributed by atoms with Gasteiger partial charge in [0.05, 0.1) is 6.26 Å². The van der Waals surface area contributed by atoms with Crippen LogP contribution in [-0.2, 0) is 6.54 Å². The lowest BCUT2D eigenvalue weighted by atomic mass is 10.1. The van der Waals surface area contributed by atoms with Crippen molar-refractivity contribution in [1.82, 2.24) is 19.9 Å². The van der Waals surface area contributed by atoms with Crippen LogP contribution in [0.25, 0.3) is 11.6 Å². The van der Waals surface area contributed by atoms with E-state index in [0.29, 0.717) is 17.5 Å². The van der Waals surface area contributed by atoms with Gasteiger partial charge in [0.1, 0.15) is 5.82 Å². The maximum absolute atomic E-state index is 5.34. The van der Waals surface area contributed by atoms with Crippen LogP contribution in [0.2, 0.25) is 0 Å². The molecule has 140 valence electrons. The van der Waals surface area contributed by atoms with E-state index in [1.54, 1.807) is 6.26 Å². The second-order valence-electron chi connectivity index (χ2n) is 7.23. The normalized spacial score (nSPS) is 15.4. The Balaban J connectivity index is 1.34. The fourth-order valence-electron chi connectivity index (χ4n) is 3.30. The van der Waals surface area contributed by atoms with Crippen LogP contribution >= 0.6 is 0 Å². The van der Waals surface area contributed by atoms with Crippen molar-refractivity contribution in [3.63, 3.8) is 0 Å². The standard InChI is InChI=1S/C21H25N5O/c1-16(2)18-5-3-7-20(24-18)26-10-8-25(9-11-26)15-17-13-22-21(23-14-17)19-6-4-12-27-19/h3-7,12-14,16H,8-11,15H2,1-2H3. The Morgan fingerprint density at radius 3 is 2.44 bits per heavy atom. The fraction of sp³-hybridized carbons (Fsp3) is 0.381. The fourth-order valence-corrected chi connectivity index (χ4v) is 3.30. The van der Waals surface area contributed by atoms with Gasteiger partial charge in [0.15, 0.2) is 11.6 Å². The highest BCUT2D eigenvalue weighted by Gasteiger charge is 2.19. The first-order chi connectivity index (χ1) is 13.2. The van der Waals surface area contributed by atoms with Crippen LogP contribution in [0.3, 0.4) is 0 Å². The minimum Gasteiger partial charge on any atom is -0.461 e. The summed E-state index contributed by atoms with van der Waals surface area (Å²) in [6, 6.07) is 10.1. The van der Waals surface area contributed by atoms with E-state index < -0.39 is 0 Å². The highest BCUT2D eigenvalue weighted by molar-refractivity contribution is 5.45. The number of piperazine rings is 1.